The summed E-state index contributed by atoms with van der Waals surface area (Å²) in [5.41, 5.74) is 0. The monoisotopic (exact) mass is 754 g/mol. The Morgan fingerprint density at radius 1 is 0.577 bits per heavy atom. The zero-order valence-corrected chi connectivity index (χ0v) is 33.1. The number of allylic oxidation sites excluding steroid dienone is 10. The van der Waals surface area contributed by atoms with E-state index in [1.165, 1.54) is 38.5 Å². The second-order valence-corrected chi connectivity index (χ2v) is 14.4. The van der Waals surface area contributed by atoms with Crippen molar-refractivity contribution in [2.75, 3.05) is 26.4 Å². The topological polar surface area (TPSA) is 149 Å². The molecule has 300 valence electrons. The number of ether oxygens (including phenoxy) is 2. The Morgan fingerprint density at radius 2 is 1.02 bits per heavy atom. The van der Waals surface area contributed by atoms with Crippen molar-refractivity contribution in [1.82, 2.24) is 0 Å². The molecule has 0 aromatic heterocycles. The number of phosphoric ester groups is 1. The predicted octanol–water partition coefficient (Wildman–Crippen LogP) is 9.94. The minimum atomic E-state index is -4.63. The van der Waals surface area contributed by atoms with E-state index in [0.29, 0.717) is 19.3 Å². The number of esters is 2. The second-order valence-electron chi connectivity index (χ2n) is 12.9. The first kappa shape index (κ1) is 49.7. The van der Waals surface area contributed by atoms with E-state index in [1.54, 1.807) is 0 Å². The summed E-state index contributed by atoms with van der Waals surface area (Å²) in [6.07, 6.45) is 39.1. The van der Waals surface area contributed by atoms with Gasteiger partial charge < -0.3 is 24.6 Å². The fourth-order valence-electron chi connectivity index (χ4n) is 4.80. The standard InChI is InChI=1S/C41H71O10P/c1-3-5-7-9-11-13-15-17-18-19-20-21-23-25-27-29-31-33-41(45)51-39(37-50-52(46,47)49-35-38(43)34-42)36-48-40(44)32-30-28-26-24-22-16-14-12-10-8-6-4-2/h11-14,17-18,20-21,25,27,38-39,42-43H,3-10,15-16,19,22-24,26,28-37H2,1-2H3,(H,46,47)/b13-11-,14-12-,18-17-,21-20-,27-25-/t38-,39+/m0/s1. The molecule has 3 atom stereocenters. The Bertz CT molecular complexity index is 1050. The van der Waals surface area contributed by atoms with Crippen LogP contribution < -0.4 is 0 Å². The fourth-order valence-corrected chi connectivity index (χ4v) is 5.59. The lowest BCUT2D eigenvalue weighted by Gasteiger charge is -2.20. The Morgan fingerprint density at radius 3 is 1.58 bits per heavy atom. The molecule has 0 spiro atoms. The molecule has 0 aromatic rings. The van der Waals surface area contributed by atoms with Crippen LogP contribution in [0.2, 0.25) is 0 Å². The maximum atomic E-state index is 12.5. The molecule has 3 N–H and O–H groups in total. The molecule has 0 rings (SSSR count). The Balaban J connectivity index is 4.48. The van der Waals surface area contributed by atoms with E-state index in [0.717, 1.165) is 64.2 Å². The average molecular weight is 755 g/mol. The van der Waals surface area contributed by atoms with Gasteiger partial charge in [-0.05, 0) is 77.0 Å². The zero-order valence-electron chi connectivity index (χ0n) is 32.3. The van der Waals surface area contributed by atoms with Gasteiger partial charge in [0.05, 0.1) is 19.8 Å². The molecule has 11 heteroatoms. The lowest BCUT2D eigenvalue weighted by Crippen LogP contribution is -2.29. The molecule has 0 amide bonds. The van der Waals surface area contributed by atoms with Crippen LogP contribution in [0.1, 0.15) is 149 Å². The van der Waals surface area contributed by atoms with Gasteiger partial charge in [0.25, 0.3) is 0 Å². The molecule has 0 saturated heterocycles. The first-order chi connectivity index (χ1) is 25.2. The number of rotatable bonds is 36. The minimum absolute atomic E-state index is 0.104. The summed E-state index contributed by atoms with van der Waals surface area (Å²) in [6, 6.07) is 0. The van der Waals surface area contributed by atoms with Crippen molar-refractivity contribution in [1.29, 1.82) is 0 Å². The van der Waals surface area contributed by atoms with Gasteiger partial charge in [0.15, 0.2) is 6.10 Å². The van der Waals surface area contributed by atoms with Crippen LogP contribution >= 0.6 is 7.82 Å². The molecule has 0 aliphatic rings. The third kappa shape index (κ3) is 36.0. The largest absolute Gasteiger partial charge is 0.472 e. The number of aliphatic hydroxyl groups is 2. The van der Waals surface area contributed by atoms with Crippen LogP contribution in [0.25, 0.3) is 0 Å². The van der Waals surface area contributed by atoms with Crippen molar-refractivity contribution in [3.63, 3.8) is 0 Å². The summed E-state index contributed by atoms with van der Waals surface area (Å²) >= 11 is 0. The third-order valence-electron chi connectivity index (χ3n) is 7.89. The van der Waals surface area contributed by atoms with Gasteiger partial charge in [-0.15, -0.1) is 0 Å². The molecule has 52 heavy (non-hydrogen) atoms. The Kier molecular flexibility index (Phi) is 35.3. The Hall–Kier alpha value is -2.33. The lowest BCUT2D eigenvalue weighted by atomic mass is 10.1. The molecule has 0 bridgehead atoms. The van der Waals surface area contributed by atoms with Gasteiger partial charge in [0.2, 0.25) is 0 Å². The normalized spacial score (nSPS) is 14.6. The van der Waals surface area contributed by atoms with Crippen LogP contribution in [-0.2, 0) is 32.7 Å². The molecule has 1 unspecified atom stereocenters. The molecule has 0 aliphatic heterocycles. The highest BCUT2D eigenvalue weighted by Crippen LogP contribution is 2.43. The molecule has 0 heterocycles. The molecule has 0 aliphatic carbocycles. The zero-order chi connectivity index (χ0) is 38.4. The molecule has 0 radical (unpaired) electrons. The first-order valence-electron chi connectivity index (χ1n) is 19.7. The average Bonchev–Trinajstić information content (AvgIpc) is 3.13. The van der Waals surface area contributed by atoms with Gasteiger partial charge in [-0.2, -0.15) is 0 Å². The van der Waals surface area contributed by atoms with Crippen LogP contribution in [0, 0.1) is 0 Å². The SMILES string of the molecule is CCCCC/C=C\C/C=C\C/C=C\C/C=C\CCCC(=O)O[C@H](COC(=O)CCCCCCC/C=C\CCCCC)COP(=O)(O)OC[C@@H](O)CO. The van der Waals surface area contributed by atoms with E-state index in [-0.39, 0.29) is 19.4 Å². The number of carbonyl (C=O) groups is 2. The molecule has 0 saturated carbocycles. The minimum Gasteiger partial charge on any atom is -0.462 e. The number of hydrogen-bond acceptors (Lipinski definition) is 9. The quantitative estimate of drug-likeness (QED) is 0.0244. The van der Waals surface area contributed by atoms with Crippen molar-refractivity contribution < 1.29 is 47.8 Å². The van der Waals surface area contributed by atoms with Crippen molar-refractivity contribution in [3.05, 3.63) is 60.8 Å². The summed E-state index contributed by atoms with van der Waals surface area (Å²) < 4.78 is 32.5. The van der Waals surface area contributed by atoms with E-state index < -0.39 is 51.8 Å². The van der Waals surface area contributed by atoms with E-state index in [9.17, 15) is 24.2 Å². The summed E-state index contributed by atoms with van der Waals surface area (Å²) in [7, 11) is -4.63. The van der Waals surface area contributed by atoms with Crippen LogP contribution in [-0.4, -0.2) is 65.7 Å². The predicted molar refractivity (Wildman–Crippen MR) is 210 cm³/mol. The first-order valence-corrected chi connectivity index (χ1v) is 21.2. The van der Waals surface area contributed by atoms with Gasteiger partial charge in [0, 0.05) is 12.8 Å². The maximum absolute atomic E-state index is 12.5. The van der Waals surface area contributed by atoms with Crippen molar-refractivity contribution >= 4 is 19.8 Å². The van der Waals surface area contributed by atoms with E-state index in [2.05, 4.69) is 67.0 Å². The molecule has 0 fully saturated rings. The Labute approximate surface area is 315 Å². The highest BCUT2D eigenvalue weighted by Gasteiger charge is 2.27. The van der Waals surface area contributed by atoms with Gasteiger partial charge in [-0.3, -0.25) is 18.6 Å². The third-order valence-corrected chi connectivity index (χ3v) is 8.85. The fraction of sp³-hybridized carbons (Fsp3) is 0.707. The molecule has 10 nitrogen and oxygen atoms in total. The number of hydrogen-bond donors (Lipinski definition) is 3. The summed E-state index contributed by atoms with van der Waals surface area (Å²) in [5, 5.41) is 18.3. The van der Waals surface area contributed by atoms with E-state index in [1.807, 2.05) is 12.2 Å². The van der Waals surface area contributed by atoms with Crippen molar-refractivity contribution in [2.24, 2.45) is 0 Å². The van der Waals surface area contributed by atoms with Gasteiger partial charge in [-0.1, -0.05) is 120 Å². The molecular formula is C41H71O10P. The second kappa shape index (κ2) is 37.0. The van der Waals surface area contributed by atoms with Crippen LogP contribution in [0.3, 0.4) is 0 Å². The van der Waals surface area contributed by atoms with Crippen LogP contribution in [0.15, 0.2) is 60.8 Å². The van der Waals surface area contributed by atoms with E-state index in [4.69, 9.17) is 19.1 Å². The summed E-state index contributed by atoms with van der Waals surface area (Å²) in [4.78, 5) is 34.8. The molecule has 0 aromatic carbocycles. The molecular weight excluding hydrogens is 683 g/mol. The summed E-state index contributed by atoms with van der Waals surface area (Å²) in [5.74, 6) is -1.01. The van der Waals surface area contributed by atoms with Crippen LogP contribution in [0.5, 0.6) is 0 Å². The van der Waals surface area contributed by atoms with Gasteiger partial charge in [-0.25, -0.2) is 4.57 Å². The van der Waals surface area contributed by atoms with Crippen molar-refractivity contribution in [2.45, 2.75) is 161 Å². The van der Waals surface area contributed by atoms with E-state index >= 15 is 0 Å². The van der Waals surface area contributed by atoms with Crippen molar-refractivity contribution in [3.8, 4) is 0 Å². The van der Waals surface area contributed by atoms with Gasteiger partial charge >= 0.3 is 19.8 Å². The van der Waals surface area contributed by atoms with Gasteiger partial charge in [0.1, 0.15) is 12.7 Å². The summed E-state index contributed by atoms with van der Waals surface area (Å²) in [6.45, 7) is 2.23. The number of aliphatic hydroxyl groups excluding tert-OH is 2. The highest BCUT2D eigenvalue weighted by molar-refractivity contribution is 7.47. The number of unbranched alkanes of at least 4 members (excludes halogenated alkanes) is 12. The smallest absolute Gasteiger partial charge is 0.462 e. The lowest BCUT2D eigenvalue weighted by molar-refractivity contribution is -0.161. The number of phosphoric acid groups is 1. The van der Waals surface area contributed by atoms with Crippen LogP contribution in [0.4, 0.5) is 0 Å². The number of carbonyl (C=O) groups excluding carboxylic acids is 2. The highest BCUT2D eigenvalue weighted by atomic mass is 31.2. The maximum Gasteiger partial charge on any atom is 0.472 e.